The number of nitrogens with one attached hydrogen (secondary N) is 1. The van der Waals surface area contributed by atoms with Crippen LogP contribution in [0.5, 0.6) is 0 Å². The maximum absolute atomic E-state index is 13.2. The first-order chi connectivity index (χ1) is 14.0. The van der Waals surface area contributed by atoms with Crippen LogP contribution in [-0.2, 0) is 27.1 Å². The first-order valence-corrected chi connectivity index (χ1v) is 10.1. The third-order valence-corrected chi connectivity index (χ3v) is 5.03. The van der Waals surface area contributed by atoms with Gasteiger partial charge in [-0.1, -0.05) is 24.3 Å². The fourth-order valence-electron chi connectivity index (χ4n) is 3.52. The largest absolute Gasteiger partial charge is 0.447 e. The van der Waals surface area contributed by atoms with E-state index in [4.69, 9.17) is 9.47 Å². The number of fused-ring (bicyclic) bond motifs is 2. The van der Waals surface area contributed by atoms with Crippen molar-refractivity contribution >= 4 is 29.1 Å². The van der Waals surface area contributed by atoms with E-state index in [0.717, 1.165) is 48.2 Å². The number of amides is 2. The number of anilines is 3. The number of carbonyl (C=O) groups is 2. The molecule has 0 saturated heterocycles. The number of ether oxygens (including phenoxy) is 2. The predicted octanol–water partition coefficient (Wildman–Crippen LogP) is 4.59. The highest BCUT2D eigenvalue weighted by Crippen LogP contribution is 2.38. The van der Waals surface area contributed by atoms with Crippen molar-refractivity contribution in [1.82, 2.24) is 0 Å². The molecule has 2 aliphatic rings. The lowest BCUT2D eigenvalue weighted by Gasteiger charge is -2.25. The van der Waals surface area contributed by atoms with Crippen molar-refractivity contribution in [2.75, 3.05) is 16.8 Å². The van der Waals surface area contributed by atoms with Gasteiger partial charge in [-0.3, -0.25) is 15.0 Å². The van der Waals surface area contributed by atoms with E-state index in [1.807, 2.05) is 36.4 Å². The maximum Gasteiger partial charge on any atom is 0.411 e. The van der Waals surface area contributed by atoms with Crippen molar-refractivity contribution < 1.29 is 19.1 Å². The van der Waals surface area contributed by atoms with E-state index in [-0.39, 0.29) is 24.7 Å². The maximum atomic E-state index is 13.2. The molecule has 1 heterocycles. The van der Waals surface area contributed by atoms with Crippen LogP contribution in [-0.4, -0.2) is 30.8 Å². The molecule has 2 aromatic carbocycles. The Labute approximate surface area is 170 Å². The van der Waals surface area contributed by atoms with Crippen LogP contribution in [0.25, 0.3) is 0 Å². The topological polar surface area (TPSA) is 67.9 Å². The van der Waals surface area contributed by atoms with Gasteiger partial charge in [0, 0.05) is 5.69 Å². The highest BCUT2D eigenvalue weighted by molar-refractivity contribution is 6.03. The SMILES string of the molecule is CC(C)OC(=O)Nc1ccc2c(c1)N(C(=O)COC1CC1)c1ccccc1CC2. The van der Waals surface area contributed by atoms with Crippen LogP contribution in [0.15, 0.2) is 42.5 Å². The molecular weight excluding hydrogens is 368 g/mol. The molecule has 1 aliphatic heterocycles. The van der Waals surface area contributed by atoms with Gasteiger partial charge in [-0.15, -0.1) is 0 Å². The monoisotopic (exact) mass is 394 g/mol. The molecule has 6 nitrogen and oxygen atoms in total. The van der Waals surface area contributed by atoms with Gasteiger partial charge < -0.3 is 9.47 Å². The molecule has 2 amide bonds. The Morgan fingerprint density at radius 1 is 1.07 bits per heavy atom. The summed E-state index contributed by atoms with van der Waals surface area (Å²) >= 11 is 0. The zero-order valence-electron chi connectivity index (χ0n) is 16.8. The fourth-order valence-corrected chi connectivity index (χ4v) is 3.52. The smallest absolute Gasteiger partial charge is 0.411 e. The molecule has 0 aromatic heterocycles. The summed E-state index contributed by atoms with van der Waals surface area (Å²) in [6, 6.07) is 13.6. The highest BCUT2D eigenvalue weighted by Gasteiger charge is 2.29. The van der Waals surface area contributed by atoms with Gasteiger partial charge in [0.15, 0.2) is 0 Å². The van der Waals surface area contributed by atoms with Crippen molar-refractivity contribution in [3.63, 3.8) is 0 Å². The average Bonchev–Trinajstić information content (AvgIpc) is 3.51. The third-order valence-electron chi connectivity index (χ3n) is 5.03. The molecule has 1 aliphatic carbocycles. The fraction of sp³-hybridized carbons (Fsp3) is 0.391. The van der Waals surface area contributed by atoms with E-state index in [0.29, 0.717) is 5.69 Å². The number of nitrogens with zero attached hydrogens (tertiary/aromatic N) is 1. The zero-order chi connectivity index (χ0) is 20.4. The standard InChI is InChI=1S/C23H26N2O4/c1-15(2)29-23(27)24-18-10-9-17-8-7-16-5-3-4-6-20(16)25(21(17)13-18)22(26)14-28-19-11-12-19/h3-6,9-10,13,15,19H,7-8,11-12,14H2,1-2H3,(H,24,27). The van der Waals surface area contributed by atoms with E-state index < -0.39 is 6.09 Å². The lowest BCUT2D eigenvalue weighted by molar-refractivity contribution is -0.122. The molecular formula is C23H26N2O4. The average molecular weight is 394 g/mol. The second kappa shape index (κ2) is 8.25. The van der Waals surface area contributed by atoms with Crippen LogP contribution in [0.2, 0.25) is 0 Å². The number of hydrogen-bond acceptors (Lipinski definition) is 4. The predicted molar refractivity (Wildman–Crippen MR) is 112 cm³/mol. The summed E-state index contributed by atoms with van der Waals surface area (Å²) in [5, 5.41) is 2.76. The van der Waals surface area contributed by atoms with Gasteiger partial charge >= 0.3 is 6.09 Å². The summed E-state index contributed by atoms with van der Waals surface area (Å²) in [6.45, 7) is 3.65. The summed E-state index contributed by atoms with van der Waals surface area (Å²) in [5.74, 6) is -0.102. The number of hydrogen-bond donors (Lipinski definition) is 1. The molecule has 0 unspecified atom stereocenters. The van der Waals surface area contributed by atoms with Crippen LogP contribution in [0.3, 0.4) is 0 Å². The summed E-state index contributed by atoms with van der Waals surface area (Å²) in [4.78, 5) is 26.9. The summed E-state index contributed by atoms with van der Waals surface area (Å²) in [6.07, 6.45) is 3.19. The van der Waals surface area contributed by atoms with Gasteiger partial charge in [-0.2, -0.15) is 0 Å². The van der Waals surface area contributed by atoms with Gasteiger partial charge in [-0.25, -0.2) is 4.79 Å². The lowest BCUT2D eigenvalue weighted by atomic mass is 10.0. The van der Waals surface area contributed by atoms with E-state index in [1.54, 1.807) is 18.7 Å². The van der Waals surface area contributed by atoms with Crippen molar-refractivity contribution in [2.24, 2.45) is 0 Å². The molecule has 0 bridgehead atoms. The van der Waals surface area contributed by atoms with Crippen LogP contribution in [0.1, 0.15) is 37.8 Å². The molecule has 1 fully saturated rings. The van der Waals surface area contributed by atoms with Gasteiger partial charge in [-0.05, 0) is 68.9 Å². The number of benzene rings is 2. The van der Waals surface area contributed by atoms with Crippen LogP contribution < -0.4 is 10.2 Å². The molecule has 6 heteroatoms. The molecule has 29 heavy (non-hydrogen) atoms. The molecule has 0 spiro atoms. The Morgan fingerprint density at radius 2 is 1.79 bits per heavy atom. The van der Waals surface area contributed by atoms with Crippen LogP contribution in [0.4, 0.5) is 21.9 Å². The molecule has 2 aromatic rings. The Bertz CT molecular complexity index is 921. The Kier molecular flexibility index (Phi) is 5.53. The molecule has 1 saturated carbocycles. The molecule has 4 rings (SSSR count). The second-order valence-corrected chi connectivity index (χ2v) is 7.79. The number of para-hydroxylation sites is 1. The quantitative estimate of drug-likeness (QED) is 0.806. The Morgan fingerprint density at radius 3 is 2.52 bits per heavy atom. The number of rotatable bonds is 5. The van der Waals surface area contributed by atoms with Crippen molar-refractivity contribution in [1.29, 1.82) is 0 Å². The van der Waals surface area contributed by atoms with E-state index in [1.165, 1.54) is 0 Å². The number of aryl methyl sites for hydroxylation is 2. The Hall–Kier alpha value is -2.86. The zero-order valence-corrected chi connectivity index (χ0v) is 16.8. The second-order valence-electron chi connectivity index (χ2n) is 7.79. The summed E-state index contributed by atoms with van der Waals surface area (Å²) in [5.41, 5.74) is 4.43. The van der Waals surface area contributed by atoms with E-state index >= 15 is 0 Å². The Balaban J connectivity index is 1.67. The van der Waals surface area contributed by atoms with Crippen molar-refractivity contribution in [3.05, 3.63) is 53.6 Å². The van der Waals surface area contributed by atoms with Crippen LogP contribution >= 0.6 is 0 Å². The van der Waals surface area contributed by atoms with Crippen LogP contribution in [0, 0.1) is 0 Å². The first-order valence-electron chi connectivity index (χ1n) is 10.1. The van der Waals surface area contributed by atoms with Gasteiger partial charge in [0.05, 0.1) is 23.6 Å². The molecule has 0 atom stereocenters. The van der Waals surface area contributed by atoms with Gasteiger partial charge in [0.1, 0.15) is 6.61 Å². The minimum Gasteiger partial charge on any atom is -0.447 e. The molecule has 0 radical (unpaired) electrons. The summed E-state index contributed by atoms with van der Waals surface area (Å²) < 4.78 is 10.9. The normalized spacial score (nSPS) is 15.3. The minimum absolute atomic E-state index is 0.0471. The van der Waals surface area contributed by atoms with Gasteiger partial charge in [0.2, 0.25) is 0 Å². The first kappa shape index (κ1) is 19.5. The highest BCUT2D eigenvalue weighted by atomic mass is 16.6. The van der Waals surface area contributed by atoms with Gasteiger partial charge in [0.25, 0.3) is 5.91 Å². The summed E-state index contributed by atoms with van der Waals surface area (Å²) in [7, 11) is 0. The van der Waals surface area contributed by atoms with E-state index in [9.17, 15) is 9.59 Å². The number of carbonyl (C=O) groups excluding carboxylic acids is 2. The minimum atomic E-state index is -0.510. The molecule has 152 valence electrons. The van der Waals surface area contributed by atoms with Crippen molar-refractivity contribution in [2.45, 2.75) is 51.7 Å². The van der Waals surface area contributed by atoms with E-state index in [2.05, 4.69) is 11.4 Å². The molecule has 1 N–H and O–H groups in total. The third kappa shape index (κ3) is 4.59. The van der Waals surface area contributed by atoms with Crippen molar-refractivity contribution in [3.8, 4) is 0 Å². The lowest BCUT2D eigenvalue weighted by Crippen LogP contribution is -2.31.